The van der Waals surface area contributed by atoms with Crippen molar-refractivity contribution in [3.8, 4) is 0 Å². The molecule has 0 aromatic rings. The molecule has 0 radical (unpaired) electrons. The van der Waals surface area contributed by atoms with Gasteiger partial charge in [-0.1, -0.05) is 0 Å². The van der Waals surface area contributed by atoms with Crippen molar-refractivity contribution in [3.63, 3.8) is 0 Å². The van der Waals surface area contributed by atoms with Gasteiger partial charge in [-0.05, 0) is 65.6 Å². The van der Waals surface area contributed by atoms with Crippen LogP contribution < -0.4 is 0 Å². The Morgan fingerprint density at radius 1 is 0.833 bits per heavy atom. The first-order chi connectivity index (χ1) is 8.80. The zero-order chi connectivity index (χ0) is 13.2. The van der Waals surface area contributed by atoms with E-state index in [2.05, 4.69) is 4.90 Å². The Morgan fingerprint density at radius 2 is 1.22 bits per heavy atom. The Kier molecular flexibility index (Phi) is 8.88. The van der Waals surface area contributed by atoms with Gasteiger partial charge in [0.15, 0.2) is 0 Å². The van der Waals surface area contributed by atoms with Crippen molar-refractivity contribution in [3.05, 3.63) is 0 Å². The number of fused-ring (bicyclic) bond motifs is 3. The van der Waals surface area contributed by atoms with Crippen LogP contribution >= 0.6 is 0 Å². The maximum Gasteiger partial charge on any atom is 0.484 e. The minimum absolute atomic E-state index is 0.677. The highest BCUT2D eigenvalue weighted by molar-refractivity contribution is 6.36. The van der Waals surface area contributed by atoms with Crippen LogP contribution in [0.3, 0.4) is 0 Å². The third kappa shape index (κ3) is 6.29. The first-order valence-corrected chi connectivity index (χ1v) is 8.78. The molecule has 0 N–H and O–H groups in total. The average Bonchev–Trinajstić information content (AvgIpc) is 2.43. The van der Waals surface area contributed by atoms with E-state index in [-0.39, 0.29) is 0 Å². The fourth-order valence-corrected chi connectivity index (χ4v) is 3.52. The molecule has 0 atom stereocenters. The standard InChI is InChI=1S/C7H13N.C6H16O3Si/c1-4-8-5-2-7(1)3-6-8;1-4-7-10(8-5-2)9-6-3/h7H,1-6H2;10H,4-6H2,1-3H3. The van der Waals surface area contributed by atoms with E-state index >= 15 is 0 Å². The number of rotatable bonds is 6. The van der Waals surface area contributed by atoms with E-state index in [0.717, 1.165) is 5.92 Å². The fourth-order valence-electron chi connectivity index (χ4n) is 2.42. The van der Waals surface area contributed by atoms with Crippen molar-refractivity contribution in [2.24, 2.45) is 5.92 Å². The highest BCUT2D eigenvalue weighted by Crippen LogP contribution is 2.26. The molecule has 0 aromatic carbocycles. The van der Waals surface area contributed by atoms with Gasteiger partial charge in [-0.2, -0.15) is 0 Å². The van der Waals surface area contributed by atoms with E-state index < -0.39 is 9.53 Å². The highest BCUT2D eigenvalue weighted by Gasteiger charge is 2.24. The monoisotopic (exact) mass is 275 g/mol. The largest absolute Gasteiger partial charge is 0.484 e. The van der Waals surface area contributed by atoms with Crippen molar-refractivity contribution in [2.75, 3.05) is 39.5 Å². The Hall–Kier alpha value is 0.0569. The summed E-state index contributed by atoms with van der Waals surface area (Å²) in [5.74, 6) is 1.11. The van der Waals surface area contributed by atoms with Gasteiger partial charge in [0.25, 0.3) is 0 Å². The number of hydrogen-bond donors (Lipinski definition) is 0. The molecular weight excluding hydrogens is 246 g/mol. The Morgan fingerprint density at radius 3 is 1.39 bits per heavy atom. The van der Waals surface area contributed by atoms with Crippen LogP contribution in [0.25, 0.3) is 0 Å². The normalized spacial score (nSPS) is 26.0. The zero-order valence-corrected chi connectivity index (χ0v) is 13.3. The number of nitrogens with zero attached hydrogens (tertiary/aromatic N) is 1. The second-order valence-electron chi connectivity index (χ2n) is 4.73. The average molecular weight is 275 g/mol. The lowest BCUT2D eigenvalue weighted by Gasteiger charge is -2.38. The summed E-state index contributed by atoms with van der Waals surface area (Å²) >= 11 is 0. The third-order valence-electron chi connectivity index (χ3n) is 3.47. The van der Waals surface area contributed by atoms with E-state index in [1.54, 1.807) is 0 Å². The van der Waals surface area contributed by atoms with E-state index in [4.69, 9.17) is 13.3 Å². The molecule has 0 unspecified atom stereocenters. The molecule has 18 heavy (non-hydrogen) atoms. The summed E-state index contributed by atoms with van der Waals surface area (Å²) in [7, 11) is -1.73. The van der Waals surface area contributed by atoms with Gasteiger partial charge in [0.05, 0.1) is 0 Å². The summed E-state index contributed by atoms with van der Waals surface area (Å²) in [5.41, 5.74) is 0. The van der Waals surface area contributed by atoms with Gasteiger partial charge in [0.1, 0.15) is 0 Å². The Bertz CT molecular complexity index is 161. The molecule has 2 bridgehead atoms. The first-order valence-electron chi connectivity index (χ1n) is 7.37. The van der Waals surface area contributed by atoms with E-state index in [9.17, 15) is 0 Å². The quantitative estimate of drug-likeness (QED) is 0.693. The lowest BCUT2D eigenvalue weighted by molar-refractivity contribution is 0.107. The molecule has 4 nitrogen and oxygen atoms in total. The summed E-state index contributed by atoms with van der Waals surface area (Å²) in [4.78, 5) is 2.58. The van der Waals surface area contributed by atoms with Crippen LogP contribution in [0.2, 0.25) is 0 Å². The molecule has 5 heteroatoms. The third-order valence-corrected chi connectivity index (χ3v) is 5.29. The van der Waals surface area contributed by atoms with Crippen molar-refractivity contribution < 1.29 is 13.3 Å². The molecular formula is C13H29NO3Si. The van der Waals surface area contributed by atoms with Crippen molar-refractivity contribution >= 4 is 9.53 Å². The van der Waals surface area contributed by atoms with Crippen LogP contribution in [0.1, 0.15) is 40.0 Å². The molecule has 3 heterocycles. The smallest absolute Gasteiger partial charge is 0.376 e. The minimum Gasteiger partial charge on any atom is -0.376 e. The van der Waals surface area contributed by atoms with E-state index in [1.807, 2.05) is 20.8 Å². The predicted octanol–water partition coefficient (Wildman–Crippen LogP) is 1.92. The van der Waals surface area contributed by atoms with Gasteiger partial charge in [0.2, 0.25) is 0 Å². The van der Waals surface area contributed by atoms with Gasteiger partial charge >= 0.3 is 9.53 Å². The van der Waals surface area contributed by atoms with Gasteiger partial charge in [-0.15, -0.1) is 0 Å². The maximum atomic E-state index is 5.22. The predicted molar refractivity (Wildman–Crippen MR) is 75.8 cm³/mol. The fraction of sp³-hybridized carbons (Fsp3) is 1.00. The van der Waals surface area contributed by atoms with Gasteiger partial charge in [-0.3, -0.25) is 0 Å². The van der Waals surface area contributed by atoms with E-state index in [0.29, 0.717) is 19.8 Å². The maximum absolute atomic E-state index is 5.22. The van der Waals surface area contributed by atoms with Gasteiger partial charge in [0, 0.05) is 19.8 Å². The Balaban J connectivity index is 0.000000182. The van der Waals surface area contributed by atoms with Crippen LogP contribution in [0, 0.1) is 5.92 Å². The molecule has 0 aliphatic carbocycles. The molecule has 3 aliphatic heterocycles. The lowest BCUT2D eigenvalue weighted by Crippen LogP contribution is -2.41. The van der Waals surface area contributed by atoms with Crippen molar-refractivity contribution in [1.29, 1.82) is 0 Å². The molecule has 3 saturated heterocycles. The molecule has 3 aliphatic rings. The summed E-state index contributed by atoms with van der Waals surface area (Å²) in [6.45, 7) is 12.0. The molecule has 0 spiro atoms. The van der Waals surface area contributed by atoms with Crippen LogP contribution in [-0.2, 0) is 13.3 Å². The summed E-state index contributed by atoms with van der Waals surface area (Å²) in [6, 6.07) is 0. The summed E-state index contributed by atoms with van der Waals surface area (Å²) in [5, 5.41) is 0. The summed E-state index contributed by atoms with van der Waals surface area (Å²) in [6.07, 6.45) is 4.46. The van der Waals surface area contributed by atoms with Gasteiger partial charge < -0.3 is 18.2 Å². The molecule has 0 amide bonds. The highest BCUT2D eigenvalue weighted by atomic mass is 28.3. The van der Waals surface area contributed by atoms with Crippen molar-refractivity contribution in [1.82, 2.24) is 4.90 Å². The van der Waals surface area contributed by atoms with Gasteiger partial charge in [-0.25, -0.2) is 0 Å². The molecule has 0 aromatic heterocycles. The van der Waals surface area contributed by atoms with Crippen LogP contribution in [-0.4, -0.2) is 53.9 Å². The number of hydrogen-bond acceptors (Lipinski definition) is 4. The molecule has 3 rings (SSSR count). The topological polar surface area (TPSA) is 30.9 Å². The van der Waals surface area contributed by atoms with Crippen LogP contribution in [0.4, 0.5) is 0 Å². The lowest BCUT2D eigenvalue weighted by atomic mass is 9.89. The first kappa shape index (κ1) is 16.1. The Labute approximate surface area is 114 Å². The second-order valence-corrected chi connectivity index (χ2v) is 6.31. The molecule has 0 saturated carbocycles. The van der Waals surface area contributed by atoms with Crippen LogP contribution in [0.5, 0.6) is 0 Å². The second kappa shape index (κ2) is 9.92. The summed E-state index contributed by atoms with van der Waals surface area (Å²) < 4.78 is 15.7. The van der Waals surface area contributed by atoms with Crippen molar-refractivity contribution in [2.45, 2.75) is 40.0 Å². The number of piperidine rings is 3. The zero-order valence-electron chi connectivity index (χ0n) is 12.2. The SMILES string of the molecule is C1CN2CCC1CC2.CCO[SiH](OCC)OCC. The minimum atomic E-state index is -1.73. The van der Waals surface area contributed by atoms with E-state index in [1.165, 1.54) is 38.9 Å². The van der Waals surface area contributed by atoms with Crippen LogP contribution in [0.15, 0.2) is 0 Å². The molecule has 3 fully saturated rings. The molecule has 108 valence electrons.